The highest BCUT2D eigenvalue weighted by Crippen LogP contribution is 2.22. The van der Waals surface area contributed by atoms with Crippen LogP contribution in [0.5, 0.6) is 0 Å². The first kappa shape index (κ1) is 13.3. The molecule has 5 heteroatoms. The zero-order valence-electron chi connectivity index (χ0n) is 11.0. The summed E-state index contributed by atoms with van der Waals surface area (Å²) in [6.07, 6.45) is 5.60. The number of rotatable bonds is 5. The van der Waals surface area contributed by atoms with E-state index in [-0.39, 0.29) is 0 Å². The van der Waals surface area contributed by atoms with Crippen molar-refractivity contribution in [3.05, 3.63) is 30.7 Å². The largest absolute Gasteiger partial charge is 0.480 e. The normalized spacial score (nSPS) is 12.6. The summed E-state index contributed by atoms with van der Waals surface area (Å²) >= 11 is 0. The van der Waals surface area contributed by atoms with E-state index < -0.39 is 12.0 Å². The van der Waals surface area contributed by atoms with Crippen LogP contribution < -0.4 is 5.32 Å². The van der Waals surface area contributed by atoms with Gasteiger partial charge < -0.3 is 10.4 Å². The zero-order valence-corrected chi connectivity index (χ0v) is 11.0. The maximum Gasteiger partial charge on any atom is 0.326 e. The van der Waals surface area contributed by atoms with E-state index in [1.165, 1.54) is 0 Å². The molecule has 2 aromatic heterocycles. The van der Waals surface area contributed by atoms with Crippen LogP contribution in [0.15, 0.2) is 30.7 Å². The van der Waals surface area contributed by atoms with Crippen LogP contribution in [0.1, 0.15) is 20.3 Å². The molecule has 0 aliphatic carbocycles. The Bertz CT molecular complexity index is 578. The summed E-state index contributed by atoms with van der Waals surface area (Å²) < 4.78 is 0. The number of aromatic nitrogens is 2. The molecule has 0 saturated carbocycles. The van der Waals surface area contributed by atoms with Crippen molar-refractivity contribution in [2.24, 2.45) is 5.92 Å². The SMILES string of the molecule is CC(C)C[C@@H](Nc1ccnc2ccncc12)C(=O)O. The van der Waals surface area contributed by atoms with E-state index in [0.29, 0.717) is 12.3 Å². The minimum absolute atomic E-state index is 0.305. The Hall–Kier alpha value is -2.17. The van der Waals surface area contributed by atoms with E-state index in [2.05, 4.69) is 15.3 Å². The quantitative estimate of drug-likeness (QED) is 0.863. The topological polar surface area (TPSA) is 75.1 Å². The van der Waals surface area contributed by atoms with Gasteiger partial charge in [-0.05, 0) is 24.5 Å². The highest BCUT2D eigenvalue weighted by atomic mass is 16.4. The second kappa shape index (κ2) is 5.65. The highest BCUT2D eigenvalue weighted by molar-refractivity contribution is 5.92. The lowest BCUT2D eigenvalue weighted by molar-refractivity contribution is -0.138. The van der Waals surface area contributed by atoms with Crippen molar-refractivity contribution >= 4 is 22.6 Å². The van der Waals surface area contributed by atoms with Crippen LogP contribution in [-0.4, -0.2) is 27.1 Å². The predicted octanol–water partition coefficient (Wildman–Crippen LogP) is 2.54. The average molecular weight is 259 g/mol. The van der Waals surface area contributed by atoms with Gasteiger partial charge in [0.05, 0.1) is 5.52 Å². The fraction of sp³-hybridized carbons (Fsp3) is 0.357. The lowest BCUT2D eigenvalue weighted by Gasteiger charge is -2.18. The number of hydrogen-bond donors (Lipinski definition) is 2. The molecular weight excluding hydrogens is 242 g/mol. The molecular formula is C14H17N3O2. The molecule has 2 N–H and O–H groups in total. The molecule has 100 valence electrons. The first-order valence-electron chi connectivity index (χ1n) is 6.26. The second-order valence-corrected chi connectivity index (χ2v) is 4.92. The van der Waals surface area contributed by atoms with Crippen molar-refractivity contribution in [2.45, 2.75) is 26.3 Å². The van der Waals surface area contributed by atoms with E-state index in [0.717, 1.165) is 16.6 Å². The maximum atomic E-state index is 11.3. The number of nitrogens with zero attached hydrogens (tertiary/aromatic N) is 2. The number of pyridine rings is 2. The molecule has 0 fully saturated rings. The minimum Gasteiger partial charge on any atom is -0.480 e. The number of hydrogen-bond acceptors (Lipinski definition) is 4. The maximum absolute atomic E-state index is 11.3. The van der Waals surface area contributed by atoms with Gasteiger partial charge in [0.2, 0.25) is 0 Å². The first-order valence-corrected chi connectivity index (χ1v) is 6.26. The number of carbonyl (C=O) groups is 1. The zero-order chi connectivity index (χ0) is 13.8. The van der Waals surface area contributed by atoms with Crippen LogP contribution in [0.25, 0.3) is 10.9 Å². The fourth-order valence-corrected chi connectivity index (χ4v) is 2.00. The molecule has 0 aromatic carbocycles. The number of nitrogens with one attached hydrogen (secondary N) is 1. The molecule has 0 aliphatic heterocycles. The van der Waals surface area contributed by atoms with Gasteiger partial charge in [-0.15, -0.1) is 0 Å². The summed E-state index contributed by atoms with van der Waals surface area (Å²) in [7, 11) is 0. The fourth-order valence-electron chi connectivity index (χ4n) is 2.00. The monoisotopic (exact) mass is 259 g/mol. The Kier molecular flexibility index (Phi) is 3.94. The number of carboxylic acids is 1. The van der Waals surface area contributed by atoms with Gasteiger partial charge in [-0.3, -0.25) is 9.97 Å². The van der Waals surface area contributed by atoms with Gasteiger partial charge in [-0.25, -0.2) is 4.79 Å². The van der Waals surface area contributed by atoms with Crippen molar-refractivity contribution in [1.82, 2.24) is 9.97 Å². The van der Waals surface area contributed by atoms with Gasteiger partial charge in [0.15, 0.2) is 0 Å². The molecule has 0 bridgehead atoms. The summed E-state index contributed by atoms with van der Waals surface area (Å²) in [5.74, 6) is -0.539. The summed E-state index contributed by atoms with van der Waals surface area (Å²) in [5.41, 5.74) is 1.56. The molecule has 0 amide bonds. The van der Waals surface area contributed by atoms with Crippen molar-refractivity contribution < 1.29 is 9.90 Å². The molecule has 0 spiro atoms. The second-order valence-electron chi connectivity index (χ2n) is 4.92. The Balaban J connectivity index is 2.31. The molecule has 19 heavy (non-hydrogen) atoms. The van der Waals surface area contributed by atoms with E-state index in [1.54, 1.807) is 30.7 Å². The highest BCUT2D eigenvalue weighted by Gasteiger charge is 2.19. The van der Waals surface area contributed by atoms with Crippen molar-refractivity contribution in [2.75, 3.05) is 5.32 Å². The minimum atomic E-state index is -0.845. The summed E-state index contributed by atoms with van der Waals surface area (Å²) in [6.45, 7) is 4.01. The molecule has 0 radical (unpaired) electrons. The molecule has 0 saturated heterocycles. The van der Waals surface area contributed by atoms with E-state index in [1.807, 2.05) is 13.8 Å². The van der Waals surface area contributed by atoms with Gasteiger partial charge in [0, 0.05) is 29.7 Å². The van der Waals surface area contributed by atoms with Crippen molar-refractivity contribution in [1.29, 1.82) is 0 Å². The standard InChI is InChI=1S/C14H17N3O2/c1-9(2)7-13(14(18)19)17-12-4-6-16-11-3-5-15-8-10(11)12/h3-6,8-9,13H,7H2,1-2H3,(H,16,17)(H,18,19)/t13-/m1/s1. The van der Waals surface area contributed by atoms with Crippen LogP contribution in [0, 0.1) is 5.92 Å². The van der Waals surface area contributed by atoms with Crippen LogP contribution in [0.3, 0.4) is 0 Å². The van der Waals surface area contributed by atoms with Gasteiger partial charge in [-0.2, -0.15) is 0 Å². The number of fused-ring (bicyclic) bond motifs is 1. The van der Waals surface area contributed by atoms with E-state index >= 15 is 0 Å². The molecule has 0 aliphatic rings. The van der Waals surface area contributed by atoms with Crippen LogP contribution in [0.2, 0.25) is 0 Å². The first-order chi connectivity index (χ1) is 9.08. The van der Waals surface area contributed by atoms with Crippen LogP contribution in [-0.2, 0) is 4.79 Å². The molecule has 2 aromatic rings. The van der Waals surface area contributed by atoms with Gasteiger partial charge in [0.25, 0.3) is 0 Å². The lowest BCUT2D eigenvalue weighted by Crippen LogP contribution is -2.30. The van der Waals surface area contributed by atoms with E-state index in [4.69, 9.17) is 0 Å². The lowest BCUT2D eigenvalue weighted by atomic mass is 10.0. The smallest absolute Gasteiger partial charge is 0.326 e. The third-order valence-electron chi connectivity index (χ3n) is 2.88. The molecule has 2 heterocycles. The summed E-state index contributed by atoms with van der Waals surface area (Å²) in [5, 5.41) is 13.2. The van der Waals surface area contributed by atoms with Gasteiger partial charge in [-0.1, -0.05) is 13.8 Å². The van der Waals surface area contributed by atoms with Crippen molar-refractivity contribution in [3.8, 4) is 0 Å². The Morgan fingerprint density at radius 3 is 2.84 bits per heavy atom. The molecule has 2 rings (SSSR count). The van der Waals surface area contributed by atoms with Crippen LogP contribution in [0.4, 0.5) is 5.69 Å². The third kappa shape index (κ3) is 3.19. The average Bonchev–Trinajstić information content (AvgIpc) is 2.37. The molecule has 1 atom stereocenters. The number of anilines is 1. The summed E-state index contributed by atoms with van der Waals surface area (Å²) in [4.78, 5) is 19.6. The Labute approximate surface area is 111 Å². The van der Waals surface area contributed by atoms with Gasteiger partial charge >= 0.3 is 5.97 Å². The van der Waals surface area contributed by atoms with Crippen LogP contribution >= 0.6 is 0 Å². The Morgan fingerprint density at radius 2 is 2.16 bits per heavy atom. The molecule has 5 nitrogen and oxygen atoms in total. The number of aliphatic carboxylic acids is 1. The van der Waals surface area contributed by atoms with Crippen molar-refractivity contribution in [3.63, 3.8) is 0 Å². The molecule has 0 unspecified atom stereocenters. The van der Waals surface area contributed by atoms with Gasteiger partial charge in [0.1, 0.15) is 6.04 Å². The third-order valence-corrected chi connectivity index (χ3v) is 2.88. The Morgan fingerprint density at radius 1 is 1.37 bits per heavy atom. The predicted molar refractivity (Wildman–Crippen MR) is 74.0 cm³/mol. The summed E-state index contributed by atoms with van der Waals surface area (Å²) in [6, 6.07) is 2.98. The number of carboxylic acid groups (broad SMARTS) is 1. The van der Waals surface area contributed by atoms with E-state index in [9.17, 15) is 9.90 Å².